The highest BCUT2D eigenvalue weighted by Crippen LogP contribution is 2.27. The fourth-order valence-electron chi connectivity index (χ4n) is 1.94. The maximum absolute atomic E-state index is 12.3. The Kier molecular flexibility index (Phi) is 2.85. The third kappa shape index (κ3) is 2.38. The number of benzene rings is 1. The van der Waals surface area contributed by atoms with E-state index in [2.05, 4.69) is 5.10 Å². The van der Waals surface area contributed by atoms with E-state index in [9.17, 15) is 4.79 Å². The van der Waals surface area contributed by atoms with Crippen LogP contribution in [0.5, 0.6) is 5.75 Å². The molecule has 0 N–H and O–H groups in total. The summed E-state index contributed by atoms with van der Waals surface area (Å²) in [5.74, 6) is 0.838. The number of ether oxygens (including phenoxy) is 1. The monoisotopic (exact) mass is 256 g/mol. The average Bonchev–Trinajstić information content (AvgIpc) is 3.17. The van der Waals surface area contributed by atoms with Crippen molar-refractivity contribution in [1.29, 1.82) is 0 Å². The molecule has 1 aliphatic rings. The fraction of sp³-hybridized carbons (Fsp3) is 0.333. The molecular formula is C15H16N2O2. The SMILES string of the molecule is Cc1c(C(=O)c2ccc(OC3CC3)cc2)cnn1C. The Bertz CT molecular complexity index is 610. The van der Waals surface area contributed by atoms with Crippen LogP contribution in [-0.2, 0) is 7.05 Å². The molecule has 3 rings (SSSR count). The molecule has 0 unspecified atom stereocenters. The van der Waals surface area contributed by atoms with E-state index in [1.165, 1.54) is 0 Å². The van der Waals surface area contributed by atoms with Crippen molar-refractivity contribution in [3.63, 3.8) is 0 Å². The minimum absolute atomic E-state index is 0.00331. The smallest absolute Gasteiger partial charge is 0.196 e. The van der Waals surface area contributed by atoms with Crippen LogP contribution in [0.15, 0.2) is 30.5 Å². The van der Waals surface area contributed by atoms with Crippen molar-refractivity contribution in [1.82, 2.24) is 9.78 Å². The largest absolute Gasteiger partial charge is 0.490 e. The van der Waals surface area contributed by atoms with Gasteiger partial charge in [0.1, 0.15) is 5.75 Å². The zero-order valence-electron chi connectivity index (χ0n) is 11.1. The highest BCUT2D eigenvalue weighted by atomic mass is 16.5. The summed E-state index contributed by atoms with van der Waals surface area (Å²) < 4.78 is 7.37. The Hall–Kier alpha value is -2.10. The fourth-order valence-corrected chi connectivity index (χ4v) is 1.94. The molecule has 1 aromatic heterocycles. The molecule has 98 valence electrons. The molecule has 0 atom stereocenters. The molecule has 4 nitrogen and oxygen atoms in total. The van der Waals surface area contributed by atoms with Crippen LogP contribution in [-0.4, -0.2) is 21.7 Å². The standard InChI is InChI=1S/C15H16N2O2/c1-10-14(9-16-17(10)2)15(18)11-3-5-12(6-4-11)19-13-7-8-13/h3-6,9,13H,7-8H2,1-2H3. The first-order valence-corrected chi connectivity index (χ1v) is 6.45. The minimum Gasteiger partial charge on any atom is -0.490 e. The van der Waals surface area contributed by atoms with Crippen molar-refractivity contribution >= 4 is 5.78 Å². The first kappa shape index (κ1) is 12.0. The van der Waals surface area contributed by atoms with Crippen LogP contribution in [0, 0.1) is 6.92 Å². The predicted octanol–water partition coefficient (Wildman–Crippen LogP) is 2.50. The number of aromatic nitrogens is 2. The molecule has 4 heteroatoms. The lowest BCUT2D eigenvalue weighted by atomic mass is 10.0. The summed E-state index contributed by atoms with van der Waals surface area (Å²) in [5, 5.41) is 4.10. The van der Waals surface area contributed by atoms with Crippen molar-refractivity contribution < 1.29 is 9.53 Å². The van der Waals surface area contributed by atoms with Crippen LogP contribution in [0.25, 0.3) is 0 Å². The number of nitrogens with zero attached hydrogens (tertiary/aromatic N) is 2. The van der Waals surface area contributed by atoms with Gasteiger partial charge in [0.25, 0.3) is 0 Å². The summed E-state index contributed by atoms with van der Waals surface area (Å²) in [5.41, 5.74) is 2.20. The molecule has 1 saturated carbocycles. The molecule has 1 aromatic carbocycles. The van der Waals surface area contributed by atoms with E-state index in [1.54, 1.807) is 10.9 Å². The summed E-state index contributed by atoms with van der Waals surface area (Å²) in [6, 6.07) is 7.34. The molecule has 0 saturated heterocycles. The van der Waals surface area contributed by atoms with E-state index >= 15 is 0 Å². The lowest BCUT2D eigenvalue weighted by molar-refractivity contribution is 0.103. The van der Waals surface area contributed by atoms with Gasteiger partial charge in [-0.3, -0.25) is 9.48 Å². The van der Waals surface area contributed by atoms with Crippen LogP contribution >= 0.6 is 0 Å². The van der Waals surface area contributed by atoms with Crippen LogP contribution < -0.4 is 4.74 Å². The summed E-state index contributed by atoms with van der Waals surface area (Å²) >= 11 is 0. The van der Waals surface area contributed by atoms with Crippen molar-refractivity contribution in [3.8, 4) is 5.75 Å². The van der Waals surface area contributed by atoms with Crippen molar-refractivity contribution in [2.75, 3.05) is 0 Å². The average molecular weight is 256 g/mol. The second-order valence-corrected chi connectivity index (χ2v) is 4.94. The molecule has 2 aromatic rings. The molecule has 1 heterocycles. The van der Waals surface area contributed by atoms with Gasteiger partial charge in [0.15, 0.2) is 5.78 Å². The number of rotatable bonds is 4. The van der Waals surface area contributed by atoms with Crippen molar-refractivity contribution in [2.24, 2.45) is 7.05 Å². The van der Waals surface area contributed by atoms with Crippen molar-refractivity contribution in [2.45, 2.75) is 25.9 Å². The summed E-state index contributed by atoms with van der Waals surface area (Å²) in [6.45, 7) is 1.89. The second-order valence-electron chi connectivity index (χ2n) is 4.94. The number of ketones is 1. The van der Waals surface area contributed by atoms with E-state index in [0.29, 0.717) is 17.2 Å². The third-order valence-electron chi connectivity index (χ3n) is 3.42. The maximum Gasteiger partial charge on any atom is 0.196 e. The third-order valence-corrected chi connectivity index (χ3v) is 3.42. The zero-order valence-corrected chi connectivity index (χ0v) is 11.1. The molecule has 0 bridgehead atoms. The number of carbonyl (C=O) groups is 1. The van der Waals surface area contributed by atoms with Crippen molar-refractivity contribution in [3.05, 3.63) is 47.3 Å². The molecular weight excluding hydrogens is 240 g/mol. The predicted molar refractivity (Wildman–Crippen MR) is 71.5 cm³/mol. The molecule has 0 spiro atoms. The number of hydrogen-bond acceptors (Lipinski definition) is 3. The Morgan fingerprint density at radius 3 is 2.53 bits per heavy atom. The lowest BCUT2D eigenvalue weighted by Gasteiger charge is -2.05. The summed E-state index contributed by atoms with van der Waals surface area (Å²) in [6.07, 6.45) is 4.26. The van der Waals surface area contributed by atoms with Gasteiger partial charge in [0, 0.05) is 18.3 Å². The molecule has 1 aliphatic carbocycles. The second kappa shape index (κ2) is 4.53. The number of carbonyl (C=O) groups excluding carboxylic acids is 1. The van der Waals surface area contributed by atoms with E-state index in [-0.39, 0.29) is 5.78 Å². The van der Waals surface area contributed by atoms with Gasteiger partial charge in [-0.25, -0.2) is 0 Å². The van der Waals surface area contributed by atoms with E-state index in [0.717, 1.165) is 24.3 Å². The minimum atomic E-state index is 0.00331. The van der Waals surface area contributed by atoms with Crippen LogP contribution in [0.3, 0.4) is 0 Å². The molecule has 1 fully saturated rings. The van der Waals surface area contributed by atoms with Gasteiger partial charge in [-0.05, 0) is 44.0 Å². The van der Waals surface area contributed by atoms with E-state index in [4.69, 9.17) is 4.74 Å². The normalized spacial score (nSPS) is 14.4. The van der Waals surface area contributed by atoms with E-state index < -0.39 is 0 Å². The first-order valence-electron chi connectivity index (χ1n) is 6.45. The Labute approximate surface area is 112 Å². The maximum atomic E-state index is 12.3. The highest BCUT2D eigenvalue weighted by Gasteiger charge is 2.23. The van der Waals surface area contributed by atoms with Crippen LogP contribution in [0.1, 0.15) is 34.5 Å². The number of aryl methyl sites for hydroxylation is 1. The van der Waals surface area contributed by atoms with Gasteiger partial charge < -0.3 is 4.74 Å². The zero-order chi connectivity index (χ0) is 13.4. The Morgan fingerprint density at radius 2 is 2.00 bits per heavy atom. The number of hydrogen-bond donors (Lipinski definition) is 0. The van der Waals surface area contributed by atoms with Gasteiger partial charge in [0.05, 0.1) is 17.9 Å². The molecule has 0 amide bonds. The van der Waals surface area contributed by atoms with Gasteiger partial charge in [-0.2, -0.15) is 5.10 Å². The molecule has 0 radical (unpaired) electrons. The lowest BCUT2D eigenvalue weighted by Crippen LogP contribution is -2.04. The van der Waals surface area contributed by atoms with E-state index in [1.807, 2.05) is 38.2 Å². The Balaban J connectivity index is 1.81. The molecule has 19 heavy (non-hydrogen) atoms. The van der Waals surface area contributed by atoms with Gasteiger partial charge in [-0.15, -0.1) is 0 Å². The van der Waals surface area contributed by atoms with Gasteiger partial charge in [0.2, 0.25) is 0 Å². The first-order chi connectivity index (χ1) is 9.15. The molecule has 0 aliphatic heterocycles. The van der Waals surface area contributed by atoms with Crippen LogP contribution in [0.4, 0.5) is 0 Å². The highest BCUT2D eigenvalue weighted by molar-refractivity contribution is 6.09. The Morgan fingerprint density at radius 1 is 1.32 bits per heavy atom. The van der Waals surface area contributed by atoms with Gasteiger partial charge in [-0.1, -0.05) is 0 Å². The topological polar surface area (TPSA) is 44.1 Å². The van der Waals surface area contributed by atoms with Crippen LogP contribution in [0.2, 0.25) is 0 Å². The summed E-state index contributed by atoms with van der Waals surface area (Å²) in [7, 11) is 1.83. The summed E-state index contributed by atoms with van der Waals surface area (Å²) in [4.78, 5) is 12.3. The quantitative estimate of drug-likeness (QED) is 0.789. The van der Waals surface area contributed by atoms with Gasteiger partial charge >= 0.3 is 0 Å².